The van der Waals surface area contributed by atoms with E-state index in [2.05, 4.69) is 15.0 Å². The molecule has 0 saturated heterocycles. The smallest absolute Gasteiger partial charge is 0.384 e. The molecule has 0 atom stereocenters. The highest BCUT2D eigenvalue weighted by Gasteiger charge is 2.28. The third kappa shape index (κ3) is 4.15. The number of hydrogen-bond acceptors (Lipinski definition) is 4. The zero-order valence-corrected chi connectivity index (χ0v) is 8.82. The second kappa shape index (κ2) is 4.38. The first-order chi connectivity index (χ1) is 7.18. The summed E-state index contributed by atoms with van der Waals surface area (Å²) in [5.41, 5.74) is -0.872. The molecule has 1 heterocycles. The van der Waals surface area contributed by atoms with Crippen molar-refractivity contribution in [3.05, 3.63) is 11.9 Å². The Morgan fingerprint density at radius 3 is 2.50 bits per heavy atom. The molecule has 0 amide bonds. The van der Waals surface area contributed by atoms with Crippen LogP contribution in [0.25, 0.3) is 0 Å². The maximum Gasteiger partial charge on any atom is 0.522 e. The molecule has 0 unspecified atom stereocenters. The fourth-order valence-electron chi connectivity index (χ4n) is 0.943. The zero-order chi connectivity index (χ0) is 12.4. The lowest BCUT2D eigenvalue weighted by atomic mass is 10.1. The summed E-state index contributed by atoms with van der Waals surface area (Å²) in [6.45, 7) is 2.39. The summed E-state index contributed by atoms with van der Waals surface area (Å²) in [5, 5.41) is 16.7. The summed E-state index contributed by atoms with van der Waals surface area (Å²) < 4.78 is 39.7. The molecule has 0 spiro atoms. The van der Waals surface area contributed by atoms with Crippen molar-refractivity contribution in [1.29, 1.82) is 0 Å². The molecule has 1 N–H and O–H groups in total. The number of hydrogen-bond donors (Lipinski definition) is 1. The average molecular weight is 239 g/mol. The largest absolute Gasteiger partial charge is 0.522 e. The first-order valence-electron chi connectivity index (χ1n) is 4.52. The summed E-state index contributed by atoms with van der Waals surface area (Å²) in [5.74, 6) is 0. The molecular weight excluding hydrogens is 227 g/mol. The summed E-state index contributed by atoms with van der Waals surface area (Å²) in [7, 11) is 0. The lowest BCUT2D eigenvalue weighted by Gasteiger charge is -2.11. The van der Waals surface area contributed by atoms with Crippen molar-refractivity contribution < 1.29 is 23.0 Å². The van der Waals surface area contributed by atoms with Crippen LogP contribution in [0, 0.1) is 0 Å². The van der Waals surface area contributed by atoms with Gasteiger partial charge in [-0.15, -0.1) is 18.3 Å². The first kappa shape index (κ1) is 12.9. The Morgan fingerprint density at radius 2 is 2.06 bits per heavy atom. The number of alkyl halides is 3. The van der Waals surface area contributed by atoms with E-state index in [-0.39, 0.29) is 6.54 Å². The van der Waals surface area contributed by atoms with E-state index in [1.165, 1.54) is 24.7 Å². The maximum absolute atomic E-state index is 11.6. The van der Waals surface area contributed by atoms with E-state index in [0.29, 0.717) is 5.69 Å². The molecule has 0 saturated carbocycles. The number of aliphatic hydroxyl groups is 1. The van der Waals surface area contributed by atoms with Crippen molar-refractivity contribution >= 4 is 0 Å². The van der Waals surface area contributed by atoms with Crippen LogP contribution in [0.1, 0.15) is 19.5 Å². The molecule has 1 rings (SSSR count). The van der Waals surface area contributed by atoms with Gasteiger partial charge in [0.2, 0.25) is 0 Å². The van der Waals surface area contributed by atoms with E-state index < -0.39 is 18.6 Å². The number of aromatic nitrogens is 3. The highest BCUT2D eigenvalue weighted by atomic mass is 19.4. The van der Waals surface area contributed by atoms with Crippen LogP contribution in [0.4, 0.5) is 13.2 Å². The molecule has 16 heavy (non-hydrogen) atoms. The maximum atomic E-state index is 11.6. The molecule has 0 aliphatic carbocycles. The van der Waals surface area contributed by atoms with Crippen LogP contribution in [0.3, 0.4) is 0 Å². The second-order valence-corrected chi connectivity index (χ2v) is 3.72. The average Bonchev–Trinajstić information content (AvgIpc) is 2.49. The molecule has 5 nitrogen and oxygen atoms in total. The van der Waals surface area contributed by atoms with E-state index in [0.717, 1.165) is 0 Å². The Hall–Kier alpha value is -1.15. The fourth-order valence-corrected chi connectivity index (χ4v) is 0.943. The molecule has 0 bridgehead atoms. The van der Waals surface area contributed by atoms with Gasteiger partial charge in [-0.1, -0.05) is 5.21 Å². The van der Waals surface area contributed by atoms with Gasteiger partial charge in [-0.3, -0.25) is 4.74 Å². The van der Waals surface area contributed by atoms with Crippen molar-refractivity contribution in [2.45, 2.75) is 32.4 Å². The van der Waals surface area contributed by atoms with Crippen LogP contribution in [0.15, 0.2) is 6.20 Å². The molecule has 0 aliphatic heterocycles. The van der Waals surface area contributed by atoms with Crippen molar-refractivity contribution in [1.82, 2.24) is 15.0 Å². The number of nitrogens with zero attached hydrogens (tertiary/aromatic N) is 3. The van der Waals surface area contributed by atoms with Gasteiger partial charge in [0.15, 0.2) is 0 Å². The number of halogens is 3. The lowest BCUT2D eigenvalue weighted by Crippen LogP contribution is -2.18. The van der Waals surface area contributed by atoms with Crippen LogP contribution in [-0.2, 0) is 16.9 Å². The number of ether oxygens (including phenoxy) is 1. The Labute approximate surface area is 89.8 Å². The Bertz CT molecular complexity index is 343. The Balaban J connectivity index is 2.48. The highest BCUT2D eigenvalue weighted by Crippen LogP contribution is 2.17. The van der Waals surface area contributed by atoms with Crippen LogP contribution < -0.4 is 0 Å². The third-order valence-electron chi connectivity index (χ3n) is 1.75. The van der Waals surface area contributed by atoms with E-state index in [1.54, 1.807) is 0 Å². The van der Waals surface area contributed by atoms with Crippen molar-refractivity contribution in [3.8, 4) is 0 Å². The van der Waals surface area contributed by atoms with E-state index >= 15 is 0 Å². The highest BCUT2D eigenvalue weighted by molar-refractivity contribution is 5.02. The predicted molar refractivity (Wildman–Crippen MR) is 47.3 cm³/mol. The molecule has 0 aromatic carbocycles. The molecule has 8 heteroatoms. The summed E-state index contributed by atoms with van der Waals surface area (Å²) in [4.78, 5) is 0. The SMILES string of the molecule is CC(C)(O)c1cn(CCOC(F)(F)F)nn1. The van der Waals surface area contributed by atoms with Crippen LogP contribution in [0.5, 0.6) is 0 Å². The normalized spacial score (nSPS) is 13.1. The van der Waals surface area contributed by atoms with Gasteiger partial charge in [0.1, 0.15) is 11.3 Å². The molecule has 0 aliphatic rings. The van der Waals surface area contributed by atoms with Gasteiger partial charge in [0.05, 0.1) is 19.3 Å². The summed E-state index contributed by atoms with van der Waals surface area (Å²) >= 11 is 0. The Morgan fingerprint density at radius 1 is 1.44 bits per heavy atom. The van der Waals surface area contributed by atoms with Gasteiger partial charge >= 0.3 is 6.36 Å². The zero-order valence-electron chi connectivity index (χ0n) is 8.82. The fraction of sp³-hybridized carbons (Fsp3) is 0.750. The van der Waals surface area contributed by atoms with E-state index in [1.807, 2.05) is 0 Å². The van der Waals surface area contributed by atoms with Crippen molar-refractivity contribution in [2.24, 2.45) is 0 Å². The first-order valence-corrected chi connectivity index (χ1v) is 4.52. The molecular formula is C8H12F3N3O2. The topological polar surface area (TPSA) is 60.2 Å². The predicted octanol–water partition coefficient (Wildman–Crippen LogP) is 1.04. The lowest BCUT2D eigenvalue weighted by molar-refractivity contribution is -0.325. The van der Waals surface area contributed by atoms with Gasteiger partial charge in [-0.05, 0) is 13.8 Å². The van der Waals surface area contributed by atoms with E-state index in [9.17, 15) is 18.3 Å². The van der Waals surface area contributed by atoms with Gasteiger partial charge in [-0.25, -0.2) is 4.68 Å². The van der Waals surface area contributed by atoms with E-state index in [4.69, 9.17) is 0 Å². The van der Waals surface area contributed by atoms with Crippen molar-refractivity contribution in [2.75, 3.05) is 6.61 Å². The van der Waals surface area contributed by atoms with Crippen LogP contribution in [-0.4, -0.2) is 33.1 Å². The molecule has 1 aromatic rings. The van der Waals surface area contributed by atoms with Crippen molar-refractivity contribution in [3.63, 3.8) is 0 Å². The molecule has 0 fully saturated rings. The molecule has 1 aromatic heterocycles. The van der Waals surface area contributed by atoms with Gasteiger partial charge in [0.25, 0.3) is 0 Å². The quantitative estimate of drug-likeness (QED) is 0.852. The molecule has 92 valence electrons. The van der Waals surface area contributed by atoms with Gasteiger partial charge in [0, 0.05) is 0 Å². The monoisotopic (exact) mass is 239 g/mol. The Kier molecular flexibility index (Phi) is 3.54. The molecule has 0 radical (unpaired) electrons. The van der Waals surface area contributed by atoms with Crippen LogP contribution in [0.2, 0.25) is 0 Å². The third-order valence-corrected chi connectivity index (χ3v) is 1.75. The summed E-state index contributed by atoms with van der Waals surface area (Å²) in [6, 6.07) is 0. The number of rotatable bonds is 4. The van der Waals surface area contributed by atoms with Gasteiger partial charge < -0.3 is 5.11 Å². The minimum Gasteiger partial charge on any atom is -0.384 e. The minimum absolute atomic E-state index is 0.0808. The van der Waals surface area contributed by atoms with Crippen LogP contribution >= 0.6 is 0 Å². The minimum atomic E-state index is -4.64. The standard InChI is InChI=1S/C8H12F3N3O2/c1-7(2,15)6-5-14(13-12-6)3-4-16-8(9,10)11/h5,15H,3-4H2,1-2H3. The second-order valence-electron chi connectivity index (χ2n) is 3.72. The summed E-state index contributed by atoms with van der Waals surface area (Å²) in [6.07, 6.45) is -3.26. The van der Waals surface area contributed by atoms with Gasteiger partial charge in [-0.2, -0.15) is 0 Å².